The summed E-state index contributed by atoms with van der Waals surface area (Å²) in [5.41, 5.74) is 2.32. The molecule has 7 nitrogen and oxygen atoms in total. The molecule has 2 aromatic heterocycles. The molecular formula is C18H19N3O4S2. The highest BCUT2D eigenvalue weighted by Crippen LogP contribution is 2.38. The summed E-state index contributed by atoms with van der Waals surface area (Å²) in [4.78, 5) is 16.2. The summed E-state index contributed by atoms with van der Waals surface area (Å²) in [5, 5.41) is 10.2. The summed E-state index contributed by atoms with van der Waals surface area (Å²) in [5.74, 6) is 1.15. The minimum atomic E-state index is -0.284. The molecule has 0 N–H and O–H groups in total. The van der Waals surface area contributed by atoms with Crippen molar-refractivity contribution in [2.45, 2.75) is 18.9 Å². The molecule has 0 amide bonds. The van der Waals surface area contributed by atoms with E-state index in [0.29, 0.717) is 23.1 Å². The van der Waals surface area contributed by atoms with Gasteiger partial charge in [-0.1, -0.05) is 11.8 Å². The highest BCUT2D eigenvalue weighted by atomic mass is 32.2. The fourth-order valence-corrected chi connectivity index (χ4v) is 4.23. The number of ether oxygens (including phenoxy) is 3. The van der Waals surface area contributed by atoms with Crippen molar-refractivity contribution in [3.8, 4) is 22.8 Å². The van der Waals surface area contributed by atoms with Gasteiger partial charge >= 0.3 is 5.97 Å². The van der Waals surface area contributed by atoms with Crippen LogP contribution >= 0.6 is 23.1 Å². The zero-order valence-corrected chi connectivity index (χ0v) is 17.1. The van der Waals surface area contributed by atoms with E-state index in [1.165, 1.54) is 11.8 Å². The number of hydrogen-bond donors (Lipinski definition) is 0. The lowest BCUT2D eigenvalue weighted by molar-refractivity contribution is -0.139. The first-order valence-corrected chi connectivity index (χ1v) is 10.0. The maximum absolute atomic E-state index is 11.6. The lowest BCUT2D eigenvalue weighted by atomic mass is 10.1. The van der Waals surface area contributed by atoms with Crippen molar-refractivity contribution >= 4 is 39.3 Å². The first-order chi connectivity index (χ1) is 13.1. The first kappa shape index (κ1) is 19.4. The molecule has 27 heavy (non-hydrogen) atoms. The summed E-state index contributed by atoms with van der Waals surface area (Å²) >= 11 is 2.82. The summed E-state index contributed by atoms with van der Waals surface area (Å²) in [7, 11) is 3.19. The topological polar surface area (TPSA) is 83.4 Å². The van der Waals surface area contributed by atoms with Crippen LogP contribution in [0.1, 0.15) is 11.9 Å². The number of rotatable bonds is 7. The lowest BCUT2D eigenvalue weighted by Gasteiger charge is -2.10. The molecule has 9 heteroatoms. The molecule has 0 atom stereocenters. The van der Waals surface area contributed by atoms with Crippen LogP contribution in [0.25, 0.3) is 21.5 Å². The second-order valence-electron chi connectivity index (χ2n) is 5.43. The summed E-state index contributed by atoms with van der Waals surface area (Å²) in [6.45, 7) is 4.07. The van der Waals surface area contributed by atoms with E-state index >= 15 is 0 Å². The van der Waals surface area contributed by atoms with Gasteiger partial charge in [0.05, 0.1) is 36.3 Å². The number of fused-ring (bicyclic) bond motifs is 1. The largest absolute Gasteiger partial charge is 0.493 e. The van der Waals surface area contributed by atoms with Crippen LogP contribution in [0.4, 0.5) is 0 Å². The average molecular weight is 406 g/mol. The molecule has 0 radical (unpaired) electrons. The van der Waals surface area contributed by atoms with Crippen LogP contribution in [-0.4, -0.2) is 47.7 Å². The third kappa shape index (κ3) is 4.14. The number of esters is 1. The molecular weight excluding hydrogens is 386 g/mol. The number of methoxy groups -OCH3 is 2. The Morgan fingerprint density at radius 3 is 2.67 bits per heavy atom. The Morgan fingerprint density at radius 1 is 1.19 bits per heavy atom. The predicted octanol–water partition coefficient (Wildman–Crippen LogP) is 3.73. The SMILES string of the molecule is CCOC(=O)CSc1nnc(-c2ccc(OC)c(OC)c2)c2sc(C)nc12. The van der Waals surface area contributed by atoms with Crippen LogP contribution in [0.15, 0.2) is 23.2 Å². The van der Waals surface area contributed by atoms with Gasteiger partial charge in [0.25, 0.3) is 0 Å². The summed E-state index contributed by atoms with van der Waals surface area (Å²) in [6, 6.07) is 5.60. The summed E-state index contributed by atoms with van der Waals surface area (Å²) < 4.78 is 16.6. The number of thiazole rings is 1. The standard InChI is InChI=1S/C18H19N3O4S2/c1-5-25-14(22)9-26-18-16-17(27-10(2)19-16)15(20-21-18)11-6-7-12(23-3)13(8-11)24-4/h6-8H,5,9H2,1-4H3. The smallest absolute Gasteiger partial charge is 0.316 e. The van der Waals surface area contributed by atoms with Gasteiger partial charge in [-0.2, -0.15) is 0 Å². The molecule has 0 aliphatic rings. The highest BCUT2D eigenvalue weighted by Gasteiger charge is 2.18. The van der Waals surface area contributed by atoms with Gasteiger partial charge in [-0.15, -0.1) is 21.5 Å². The van der Waals surface area contributed by atoms with E-state index in [2.05, 4.69) is 15.2 Å². The van der Waals surface area contributed by atoms with Gasteiger partial charge in [-0.25, -0.2) is 4.98 Å². The summed E-state index contributed by atoms with van der Waals surface area (Å²) in [6.07, 6.45) is 0. The van der Waals surface area contributed by atoms with Crippen molar-refractivity contribution in [1.82, 2.24) is 15.2 Å². The highest BCUT2D eigenvalue weighted by molar-refractivity contribution is 8.00. The van der Waals surface area contributed by atoms with Crippen LogP contribution in [-0.2, 0) is 9.53 Å². The first-order valence-electron chi connectivity index (χ1n) is 8.22. The van der Waals surface area contributed by atoms with Gasteiger partial charge in [-0.3, -0.25) is 4.79 Å². The van der Waals surface area contributed by atoms with Gasteiger partial charge in [0.1, 0.15) is 16.2 Å². The van der Waals surface area contributed by atoms with Gasteiger partial charge in [0, 0.05) is 5.56 Å². The maximum atomic E-state index is 11.6. The van der Waals surface area contributed by atoms with E-state index in [1.807, 2.05) is 25.1 Å². The predicted molar refractivity (Wildman–Crippen MR) is 106 cm³/mol. The van der Waals surface area contributed by atoms with Crippen molar-refractivity contribution in [3.05, 3.63) is 23.2 Å². The Morgan fingerprint density at radius 2 is 1.96 bits per heavy atom. The lowest BCUT2D eigenvalue weighted by Crippen LogP contribution is -2.07. The van der Waals surface area contributed by atoms with Crippen molar-refractivity contribution < 1.29 is 19.0 Å². The molecule has 0 aliphatic carbocycles. The minimum absolute atomic E-state index is 0.171. The van der Waals surface area contributed by atoms with E-state index in [1.54, 1.807) is 32.5 Å². The molecule has 2 heterocycles. The van der Waals surface area contributed by atoms with E-state index in [4.69, 9.17) is 14.2 Å². The molecule has 0 bridgehead atoms. The van der Waals surface area contributed by atoms with Crippen molar-refractivity contribution in [1.29, 1.82) is 0 Å². The minimum Gasteiger partial charge on any atom is -0.493 e. The second kappa shape index (κ2) is 8.53. The monoisotopic (exact) mass is 405 g/mol. The maximum Gasteiger partial charge on any atom is 0.316 e. The molecule has 1 aromatic carbocycles. The van der Waals surface area contributed by atoms with Crippen LogP contribution in [0, 0.1) is 6.92 Å². The number of hydrogen-bond acceptors (Lipinski definition) is 9. The zero-order chi connectivity index (χ0) is 19.4. The second-order valence-corrected chi connectivity index (χ2v) is 7.60. The Balaban J connectivity index is 2.01. The average Bonchev–Trinajstić information content (AvgIpc) is 3.07. The van der Waals surface area contributed by atoms with Gasteiger partial charge in [0.2, 0.25) is 0 Å². The molecule has 3 aromatic rings. The van der Waals surface area contributed by atoms with Crippen LogP contribution in [0.3, 0.4) is 0 Å². The number of aromatic nitrogens is 3. The third-order valence-corrected chi connectivity index (χ3v) is 5.59. The molecule has 3 rings (SSSR count). The number of benzene rings is 1. The van der Waals surface area contributed by atoms with Crippen LogP contribution in [0.5, 0.6) is 11.5 Å². The fourth-order valence-electron chi connectivity index (χ4n) is 2.52. The molecule has 0 fully saturated rings. The van der Waals surface area contributed by atoms with Crippen LogP contribution in [0.2, 0.25) is 0 Å². The molecule has 0 unspecified atom stereocenters. The third-order valence-electron chi connectivity index (χ3n) is 3.68. The number of thioether (sulfide) groups is 1. The fraction of sp³-hybridized carbons (Fsp3) is 0.333. The Kier molecular flexibility index (Phi) is 6.12. The van der Waals surface area contributed by atoms with E-state index in [9.17, 15) is 4.79 Å². The zero-order valence-electron chi connectivity index (χ0n) is 15.4. The molecule has 0 saturated carbocycles. The molecule has 0 aliphatic heterocycles. The van der Waals surface area contributed by atoms with E-state index in [0.717, 1.165) is 26.5 Å². The molecule has 0 spiro atoms. The number of aryl methyl sites for hydroxylation is 1. The quantitative estimate of drug-likeness (QED) is 0.434. The molecule has 142 valence electrons. The number of nitrogens with zero attached hydrogens (tertiary/aromatic N) is 3. The number of carbonyl (C=O) groups is 1. The normalized spacial score (nSPS) is 10.8. The van der Waals surface area contributed by atoms with Gasteiger partial charge in [0.15, 0.2) is 11.5 Å². The van der Waals surface area contributed by atoms with Crippen molar-refractivity contribution in [2.24, 2.45) is 0 Å². The van der Waals surface area contributed by atoms with E-state index in [-0.39, 0.29) is 11.7 Å². The van der Waals surface area contributed by atoms with Crippen molar-refractivity contribution in [2.75, 3.05) is 26.6 Å². The number of carbonyl (C=O) groups excluding carboxylic acids is 1. The van der Waals surface area contributed by atoms with Crippen molar-refractivity contribution in [3.63, 3.8) is 0 Å². The van der Waals surface area contributed by atoms with Gasteiger partial charge < -0.3 is 14.2 Å². The molecule has 0 saturated heterocycles. The Labute approximate surface area is 165 Å². The van der Waals surface area contributed by atoms with E-state index < -0.39 is 0 Å². The Bertz CT molecular complexity index is 975. The van der Waals surface area contributed by atoms with Crippen LogP contribution < -0.4 is 9.47 Å². The Hall–Kier alpha value is -2.39. The van der Waals surface area contributed by atoms with Gasteiger partial charge in [-0.05, 0) is 32.0 Å².